The van der Waals surface area contributed by atoms with Crippen molar-refractivity contribution < 1.29 is 4.79 Å². The maximum atomic E-state index is 12.3. The molecule has 1 amide bonds. The van der Waals surface area contributed by atoms with Crippen molar-refractivity contribution in [1.82, 2.24) is 10.2 Å². The minimum Gasteiger partial charge on any atom is -0.296 e. The Morgan fingerprint density at radius 3 is 2.68 bits per heavy atom. The van der Waals surface area contributed by atoms with E-state index in [1.165, 1.54) is 22.7 Å². The highest BCUT2D eigenvalue weighted by molar-refractivity contribution is 7.21. The number of anilines is 1. The fourth-order valence-corrected chi connectivity index (χ4v) is 4.30. The van der Waals surface area contributed by atoms with Gasteiger partial charge in [0.05, 0.1) is 4.88 Å². The summed E-state index contributed by atoms with van der Waals surface area (Å²) in [4.78, 5) is 13.0. The number of benzene rings is 1. The molecule has 4 nitrogen and oxygen atoms in total. The Labute approximate surface area is 137 Å². The van der Waals surface area contributed by atoms with Crippen molar-refractivity contribution in [2.75, 3.05) is 5.32 Å². The van der Waals surface area contributed by atoms with E-state index < -0.39 is 0 Å². The van der Waals surface area contributed by atoms with Crippen LogP contribution in [-0.2, 0) is 0 Å². The van der Waals surface area contributed by atoms with Crippen LogP contribution in [0.25, 0.3) is 10.1 Å². The quantitative estimate of drug-likeness (QED) is 0.723. The van der Waals surface area contributed by atoms with Gasteiger partial charge in [-0.2, -0.15) is 0 Å². The average Bonchev–Trinajstić information content (AvgIpc) is 3.15. The average molecular weight is 331 g/mol. The maximum absolute atomic E-state index is 12.3. The van der Waals surface area contributed by atoms with Crippen molar-refractivity contribution in [3.05, 3.63) is 40.2 Å². The van der Waals surface area contributed by atoms with Crippen LogP contribution in [0.5, 0.6) is 0 Å². The number of carbonyl (C=O) groups is 1. The predicted molar refractivity (Wildman–Crippen MR) is 93.0 cm³/mol. The third-order valence-electron chi connectivity index (χ3n) is 3.65. The maximum Gasteiger partial charge on any atom is 0.267 e. The van der Waals surface area contributed by atoms with E-state index in [0.29, 0.717) is 15.9 Å². The normalized spacial score (nSPS) is 11.2. The highest BCUT2D eigenvalue weighted by atomic mass is 32.1. The molecule has 0 spiro atoms. The monoisotopic (exact) mass is 331 g/mol. The van der Waals surface area contributed by atoms with Gasteiger partial charge in [0, 0.05) is 10.6 Å². The fourth-order valence-electron chi connectivity index (χ4n) is 2.34. The second kappa shape index (κ2) is 6.54. The SMILES string of the molecule is CCC(CC)c1nnc(NC(=O)c2cc3ccccc3s2)s1. The minimum atomic E-state index is -0.117. The lowest BCUT2D eigenvalue weighted by Gasteiger charge is -2.05. The smallest absolute Gasteiger partial charge is 0.267 e. The van der Waals surface area contributed by atoms with Crippen molar-refractivity contribution in [2.45, 2.75) is 32.6 Å². The number of rotatable bonds is 5. The highest BCUT2D eigenvalue weighted by Gasteiger charge is 2.16. The van der Waals surface area contributed by atoms with Gasteiger partial charge in [0.1, 0.15) is 5.01 Å². The van der Waals surface area contributed by atoms with Gasteiger partial charge in [0.25, 0.3) is 5.91 Å². The van der Waals surface area contributed by atoms with Gasteiger partial charge in [0.2, 0.25) is 5.13 Å². The summed E-state index contributed by atoms with van der Waals surface area (Å²) in [6, 6.07) is 9.90. The lowest BCUT2D eigenvalue weighted by Crippen LogP contribution is -2.09. The molecule has 0 fully saturated rings. The molecular weight excluding hydrogens is 314 g/mol. The molecule has 114 valence electrons. The number of aromatic nitrogens is 2. The molecule has 3 aromatic rings. The molecule has 0 aliphatic carbocycles. The first kappa shape index (κ1) is 15.1. The number of nitrogens with zero attached hydrogens (tertiary/aromatic N) is 2. The van der Waals surface area contributed by atoms with E-state index in [1.807, 2.05) is 30.3 Å². The van der Waals surface area contributed by atoms with E-state index >= 15 is 0 Å². The number of hydrogen-bond donors (Lipinski definition) is 1. The molecule has 2 heterocycles. The highest BCUT2D eigenvalue weighted by Crippen LogP contribution is 2.29. The Morgan fingerprint density at radius 2 is 1.95 bits per heavy atom. The first-order valence-corrected chi connectivity index (χ1v) is 8.97. The van der Waals surface area contributed by atoms with Gasteiger partial charge in [-0.05, 0) is 30.4 Å². The fraction of sp³-hybridized carbons (Fsp3) is 0.312. The summed E-state index contributed by atoms with van der Waals surface area (Å²) in [6.07, 6.45) is 2.07. The summed E-state index contributed by atoms with van der Waals surface area (Å²) in [5.74, 6) is 0.306. The van der Waals surface area contributed by atoms with Crippen LogP contribution in [0, 0.1) is 0 Å². The van der Waals surface area contributed by atoms with Crippen molar-refractivity contribution in [3.63, 3.8) is 0 Å². The molecular formula is C16H17N3OS2. The molecule has 0 radical (unpaired) electrons. The van der Waals surface area contributed by atoms with Crippen LogP contribution >= 0.6 is 22.7 Å². The van der Waals surface area contributed by atoms with E-state index in [1.54, 1.807) is 0 Å². The minimum absolute atomic E-state index is 0.117. The zero-order chi connectivity index (χ0) is 15.5. The summed E-state index contributed by atoms with van der Waals surface area (Å²) in [5.41, 5.74) is 0. The number of amides is 1. The molecule has 0 unspecified atom stereocenters. The summed E-state index contributed by atoms with van der Waals surface area (Å²) >= 11 is 2.96. The molecule has 0 bridgehead atoms. The van der Waals surface area contributed by atoms with Gasteiger partial charge < -0.3 is 0 Å². The number of hydrogen-bond acceptors (Lipinski definition) is 5. The zero-order valence-electron chi connectivity index (χ0n) is 12.5. The standard InChI is InChI=1S/C16H17N3OS2/c1-3-10(4-2)15-18-19-16(22-15)17-14(20)13-9-11-7-5-6-8-12(11)21-13/h5-10H,3-4H2,1-2H3,(H,17,19,20). The number of fused-ring (bicyclic) bond motifs is 1. The molecule has 1 N–H and O–H groups in total. The first-order valence-electron chi connectivity index (χ1n) is 7.34. The third kappa shape index (κ3) is 3.03. The molecule has 2 aromatic heterocycles. The second-order valence-corrected chi connectivity index (χ2v) is 7.15. The molecule has 0 saturated heterocycles. The molecule has 0 atom stereocenters. The van der Waals surface area contributed by atoms with Gasteiger partial charge in [-0.25, -0.2) is 0 Å². The number of nitrogens with one attached hydrogen (secondary N) is 1. The van der Waals surface area contributed by atoms with Crippen molar-refractivity contribution in [2.24, 2.45) is 0 Å². The predicted octanol–water partition coefficient (Wildman–Crippen LogP) is 4.91. The zero-order valence-corrected chi connectivity index (χ0v) is 14.1. The Kier molecular flexibility index (Phi) is 4.49. The van der Waals surface area contributed by atoms with Gasteiger partial charge in [0.15, 0.2) is 0 Å². The van der Waals surface area contributed by atoms with Crippen LogP contribution < -0.4 is 5.32 Å². The first-order chi connectivity index (χ1) is 10.7. The topological polar surface area (TPSA) is 54.9 Å². The third-order valence-corrected chi connectivity index (χ3v) is 5.76. The Balaban J connectivity index is 1.76. The van der Waals surface area contributed by atoms with Crippen molar-refractivity contribution >= 4 is 43.8 Å². The molecule has 3 rings (SSSR count). The lowest BCUT2D eigenvalue weighted by atomic mass is 10.1. The van der Waals surface area contributed by atoms with Gasteiger partial charge in [-0.15, -0.1) is 21.5 Å². The lowest BCUT2D eigenvalue weighted by molar-refractivity contribution is 0.103. The Hall–Kier alpha value is -1.79. The number of carbonyl (C=O) groups excluding carboxylic acids is 1. The molecule has 1 aromatic carbocycles. The van der Waals surface area contributed by atoms with Crippen LogP contribution in [0.2, 0.25) is 0 Å². The van der Waals surface area contributed by atoms with Crippen molar-refractivity contribution in [3.8, 4) is 0 Å². The van der Waals surface area contributed by atoms with E-state index in [-0.39, 0.29) is 5.91 Å². The number of thiophene rings is 1. The Bertz CT molecular complexity index is 756. The molecule has 6 heteroatoms. The summed E-state index contributed by atoms with van der Waals surface area (Å²) in [5, 5.41) is 13.8. The van der Waals surface area contributed by atoms with Crippen LogP contribution in [0.3, 0.4) is 0 Å². The van der Waals surface area contributed by atoms with E-state index in [2.05, 4.69) is 29.4 Å². The van der Waals surface area contributed by atoms with Crippen LogP contribution in [0.4, 0.5) is 5.13 Å². The molecule has 0 aliphatic heterocycles. The molecule has 22 heavy (non-hydrogen) atoms. The van der Waals surface area contributed by atoms with E-state index in [9.17, 15) is 4.79 Å². The van der Waals surface area contributed by atoms with Crippen LogP contribution in [-0.4, -0.2) is 16.1 Å². The molecule has 0 aliphatic rings. The van der Waals surface area contributed by atoms with Crippen molar-refractivity contribution in [1.29, 1.82) is 0 Å². The largest absolute Gasteiger partial charge is 0.296 e. The van der Waals surface area contributed by atoms with Crippen LogP contribution in [0.1, 0.15) is 47.3 Å². The summed E-state index contributed by atoms with van der Waals surface area (Å²) in [6.45, 7) is 4.29. The summed E-state index contributed by atoms with van der Waals surface area (Å²) < 4.78 is 1.11. The van der Waals surface area contributed by atoms with E-state index in [4.69, 9.17) is 0 Å². The second-order valence-electron chi connectivity index (χ2n) is 5.06. The molecule has 0 saturated carbocycles. The van der Waals surface area contributed by atoms with E-state index in [0.717, 1.165) is 27.9 Å². The van der Waals surface area contributed by atoms with Gasteiger partial charge >= 0.3 is 0 Å². The van der Waals surface area contributed by atoms with Gasteiger partial charge in [-0.1, -0.05) is 43.4 Å². The van der Waals surface area contributed by atoms with Crippen LogP contribution in [0.15, 0.2) is 30.3 Å². The summed E-state index contributed by atoms with van der Waals surface area (Å²) in [7, 11) is 0. The van der Waals surface area contributed by atoms with Gasteiger partial charge in [-0.3, -0.25) is 10.1 Å². The Morgan fingerprint density at radius 1 is 1.18 bits per heavy atom.